The maximum absolute atomic E-state index is 14.4. The third kappa shape index (κ3) is 5.85. The van der Waals surface area contributed by atoms with Crippen molar-refractivity contribution in [3.05, 3.63) is 99.0 Å². The number of nitrogens with zero attached hydrogens (tertiary/aromatic N) is 4. The Morgan fingerprint density at radius 3 is 2.40 bits per heavy atom. The van der Waals surface area contributed by atoms with Crippen LogP contribution in [0.4, 0.5) is 4.79 Å². The fourth-order valence-corrected chi connectivity index (χ4v) is 5.36. The molecular formula is C31H28BrN5O5. The van der Waals surface area contributed by atoms with Crippen molar-refractivity contribution in [3.8, 4) is 11.8 Å². The average molecular weight is 630 g/mol. The molecule has 3 amide bonds. The van der Waals surface area contributed by atoms with Crippen molar-refractivity contribution >= 4 is 39.7 Å². The molecule has 0 saturated carbocycles. The smallest absolute Gasteiger partial charge is 0.335 e. The molecule has 1 fully saturated rings. The van der Waals surface area contributed by atoms with Gasteiger partial charge in [-0.2, -0.15) is 5.26 Å². The first-order chi connectivity index (χ1) is 20.2. The van der Waals surface area contributed by atoms with E-state index in [9.17, 15) is 24.8 Å². The molecule has 2 atom stereocenters. The second-order valence-electron chi connectivity index (χ2n) is 10.2. The van der Waals surface area contributed by atoms with Crippen molar-refractivity contribution in [2.24, 2.45) is 4.99 Å². The van der Waals surface area contributed by atoms with Crippen LogP contribution in [0.5, 0.6) is 5.75 Å². The largest absolute Gasteiger partial charge is 0.490 e. The van der Waals surface area contributed by atoms with Crippen LogP contribution >= 0.6 is 15.9 Å². The number of amides is 3. The summed E-state index contributed by atoms with van der Waals surface area (Å²) in [7, 11) is 0. The summed E-state index contributed by atoms with van der Waals surface area (Å²) in [6, 6.07) is 19.5. The van der Waals surface area contributed by atoms with Crippen LogP contribution in [0.1, 0.15) is 58.5 Å². The number of hydrogen-bond acceptors (Lipinski definition) is 6. The Morgan fingerprint density at radius 2 is 1.79 bits per heavy atom. The van der Waals surface area contributed by atoms with Gasteiger partial charge in [-0.15, -0.1) is 0 Å². The van der Waals surface area contributed by atoms with E-state index in [1.54, 1.807) is 35.2 Å². The first kappa shape index (κ1) is 28.8. The lowest BCUT2D eigenvalue weighted by Crippen LogP contribution is -2.55. The van der Waals surface area contributed by atoms with Crippen molar-refractivity contribution < 1.29 is 24.2 Å². The first-order valence-corrected chi connectivity index (χ1v) is 14.2. The zero-order valence-electron chi connectivity index (χ0n) is 23.0. The maximum atomic E-state index is 14.4. The lowest BCUT2D eigenvalue weighted by atomic mass is 9.93. The van der Waals surface area contributed by atoms with Crippen molar-refractivity contribution in [2.45, 2.75) is 32.0 Å². The second kappa shape index (κ2) is 12.0. The lowest BCUT2D eigenvalue weighted by Gasteiger charge is -2.36. The summed E-state index contributed by atoms with van der Waals surface area (Å²) in [5, 5.41) is 21.8. The van der Waals surface area contributed by atoms with E-state index in [0.29, 0.717) is 41.4 Å². The van der Waals surface area contributed by atoms with Crippen molar-refractivity contribution in [1.82, 2.24) is 15.1 Å². The molecule has 0 unspecified atom stereocenters. The number of aliphatic imine (C=N–C) groups is 1. The van der Waals surface area contributed by atoms with Gasteiger partial charge in [-0.25, -0.2) is 9.59 Å². The normalized spacial score (nSPS) is 18.4. The SMILES string of the molecule is CC(C)Oc1cc(C#N)ccc1C1=N[C@@H](c2ccc(C(=O)O)cc2)[C@@H](c2ccc(Br)cc2)N1C(=O)N1CCNC(=O)C1. The van der Waals surface area contributed by atoms with Crippen LogP contribution in [-0.2, 0) is 4.79 Å². The van der Waals surface area contributed by atoms with Crippen molar-refractivity contribution in [2.75, 3.05) is 19.6 Å². The first-order valence-electron chi connectivity index (χ1n) is 13.4. The molecule has 2 aliphatic rings. The molecule has 0 aromatic heterocycles. The minimum Gasteiger partial charge on any atom is -0.490 e. The number of carboxylic acid groups (broad SMARTS) is 1. The second-order valence-corrected chi connectivity index (χ2v) is 11.2. The topological polar surface area (TPSA) is 135 Å². The molecule has 0 radical (unpaired) electrons. The van der Waals surface area contributed by atoms with Crippen LogP contribution < -0.4 is 10.1 Å². The Balaban J connectivity index is 1.72. The van der Waals surface area contributed by atoms with Gasteiger partial charge < -0.3 is 20.1 Å². The van der Waals surface area contributed by atoms with Gasteiger partial charge in [0.2, 0.25) is 5.91 Å². The molecule has 3 aromatic rings. The minimum absolute atomic E-state index is 0.101. The minimum atomic E-state index is -1.05. The highest BCUT2D eigenvalue weighted by Gasteiger charge is 2.45. The van der Waals surface area contributed by atoms with E-state index in [1.807, 2.05) is 38.1 Å². The van der Waals surface area contributed by atoms with Crippen LogP contribution in [-0.4, -0.2) is 64.4 Å². The van der Waals surface area contributed by atoms with Crippen molar-refractivity contribution in [3.63, 3.8) is 0 Å². The zero-order valence-corrected chi connectivity index (χ0v) is 24.5. The Hall–Kier alpha value is -4.69. The Morgan fingerprint density at radius 1 is 1.10 bits per heavy atom. The summed E-state index contributed by atoms with van der Waals surface area (Å²) in [4.78, 5) is 46.4. The molecule has 2 heterocycles. The molecule has 0 bridgehead atoms. The van der Waals surface area contributed by atoms with Gasteiger partial charge in [-0.3, -0.25) is 14.7 Å². The molecule has 11 heteroatoms. The summed E-state index contributed by atoms with van der Waals surface area (Å²) in [6.45, 7) is 4.28. The van der Waals surface area contributed by atoms with E-state index in [0.717, 1.165) is 10.0 Å². The predicted molar refractivity (Wildman–Crippen MR) is 158 cm³/mol. The number of benzene rings is 3. The molecule has 10 nitrogen and oxygen atoms in total. The molecule has 2 N–H and O–H groups in total. The fourth-order valence-electron chi connectivity index (χ4n) is 5.10. The number of carbonyl (C=O) groups is 3. The summed E-state index contributed by atoms with van der Waals surface area (Å²) < 4.78 is 6.97. The Bertz CT molecular complexity index is 1600. The lowest BCUT2D eigenvalue weighted by molar-refractivity contribution is -0.123. The van der Waals surface area contributed by atoms with Gasteiger partial charge >= 0.3 is 12.0 Å². The van der Waals surface area contributed by atoms with Gasteiger partial charge in [0.15, 0.2) is 0 Å². The number of carboxylic acids is 1. The number of nitrogens with one attached hydrogen (secondary N) is 1. The molecule has 5 rings (SSSR count). The average Bonchev–Trinajstić information content (AvgIpc) is 3.37. The van der Waals surface area contributed by atoms with Crippen molar-refractivity contribution in [1.29, 1.82) is 5.26 Å². The highest BCUT2D eigenvalue weighted by molar-refractivity contribution is 9.10. The quantitative estimate of drug-likeness (QED) is 0.398. The van der Waals surface area contributed by atoms with Crippen LogP contribution in [0.2, 0.25) is 0 Å². The summed E-state index contributed by atoms with van der Waals surface area (Å²) >= 11 is 3.48. The number of hydrogen-bond donors (Lipinski definition) is 2. The van der Waals surface area contributed by atoms with Crippen LogP contribution in [0.15, 0.2) is 76.2 Å². The predicted octanol–water partition coefficient (Wildman–Crippen LogP) is 4.90. The number of aromatic carboxylic acids is 1. The number of urea groups is 1. The number of halogens is 1. The number of rotatable bonds is 6. The van der Waals surface area contributed by atoms with E-state index in [4.69, 9.17) is 9.73 Å². The van der Waals surface area contributed by atoms with Gasteiger partial charge in [0.1, 0.15) is 24.2 Å². The molecular weight excluding hydrogens is 602 g/mol. The molecule has 214 valence electrons. The zero-order chi connectivity index (χ0) is 30.0. The monoisotopic (exact) mass is 629 g/mol. The number of carbonyl (C=O) groups excluding carboxylic acids is 2. The molecule has 42 heavy (non-hydrogen) atoms. The van der Waals surface area contributed by atoms with Gasteiger partial charge in [-0.05, 0) is 67.4 Å². The van der Waals surface area contributed by atoms with Gasteiger partial charge in [0, 0.05) is 17.6 Å². The van der Waals surface area contributed by atoms with Crippen LogP contribution in [0.25, 0.3) is 0 Å². The standard InChI is InChI=1S/C31H28BrN5O5/c1-18(2)42-25-15-19(16-33)3-12-24(25)29-35-27(20-4-6-22(7-5-20)30(39)40)28(21-8-10-23(32)11-9-21)37(29)31(41)36-14-13-34-26(38)17-36/h3-12,15,18,27-28H,13-14,17H2,1-2H3,(H,34,38)(H,39,40)/t27-,28+/m0/s1. The maximum Gasteiger partial charge on any atom is 0.335 e. The molecule has 0 spiro atoms. The summed E-state index contributed by atoms with van der Waals surface area (Å²) in [5.74, 6) is -0.579. The number of amidine groups is 1. The van der Waals surface area contributed by atoms with Gasteiger partial charge in [-0.1, -0.05) is 40.2 Å². The van der Waals surface area contributed by atoms with Crippen LogP contribution in [0.3, 0.4) is 0 Å². The van der Waals surface area contributed by atoms with E-state index < -0.39 is 24.1 Å². The number of ether oxygens (including phenoxy) is 1. The molecule has 1 saturated heterocycles. The van der Waals surface area contributed by atoms with E-state index in [1.165, 1.54) is 17.0 Å². The summed E-state index contributed by atoms with van der Waals surface area (Å²) in [6.07, 6.45) is -0.226. The highest BCUT2D eigenvalue weighted by atomic mass is 79.9. The third-order valence-electron chi connectivity index (χ3n) is 7.01. The molecule has 3 aromatic carbocycles. The third-order valence-corrected chi connectivity index (χ3v) is 7.54. The number of nitriles is 1. The fraction of sp³-hybridized carbons (Fsp3) is 0.258. The molecule has 0 aliphatic carbocycles. The van der Waals surface area contributed by atoms with E-state index in [-0.39, 0.29) is 24.1 Å². The van der Waals surface area contributed by atoms with E-state index >= 15 is 0 Å². The van der Waals surface area contributed by atoms with E-state index in [2.05, 4.69) is 27.3 Å². The summed E-state index contributed by atoms with van der Waals surface area (Å²) in [5.41, 5.74) is 2.54. The Labute approximate surface area is 251 Å². The van der Waals surface area contributed by atoms with Gasteiger partial charge in [0.25, 0.3) is 0 Å². The van der Waals surface area contributed by atoms with Crippen LogP contribution in [0, 0.1) is 11.3 Å². The van der Waals surface area contributed by atoms with Gasteiger partial charge in [0.05, 0.1) is 34.9 Å². The number of piperazine rings is 1. The molecule has 2 aliphatic heterocycles. The highest BCUT2D eigenvalue weighted by Crippen LogP contribution is 2.45. The Kier molecular flexibility index (Phi) is 8.27.